The van der Waals surface area contributed by atoms with Crippen LogP contribution in [-0.2, 0) is 16.0 Å². The predicted molar refractivity (Wildman–Crippen MR) is 126 cm³/mol. The number of ether oxygens (including phenoxy) is 1. The number of nitrogens with zero attached hydrogens (tertiary/aromatic N) is 3. The highest BCUT2D eigenvalue weighted by atomic mass is 35.5. The molecule has 2 aromatic heterocycles. The van der Waals surface area contributed by atoms with Crippen molar-refractivity contribution in [3.8, 4) is 5.69 Å². The number of thiazole rings is 1. The zero-order chi connectivity index (χ0) is 22.8. The van der Waals surface area contributed by atoms with Gasteiger partial charge in [-0.05, 0) is 68.3 Å². The zero-order valence-electron chi connectivity index (χ0n) is 17.8. The van der Waals surface area contributed by atoms with Crippen molar-refractivity contribution in [1.29, 1.82) is 0 Å². The van der Waals surface area contributed by atoms with Crippen LogP contribution in [0.2, 0.25) is 5.02 Å². The molecule has 1 amide bonds. The largest absolute Gasteiger partial charge is 0.469 e. The number of aryl methyl sites for hydroxylation is 1. The molecule has 2 heterocycles. The molecular formula is C23H21ClN4O3S. The van der Waals surface area contributed by atoms with Crippen molar-refractivity contribution < 1.29 is 14.3 Å². The van der Waals surface area contributed by atoms with E-state index in [2.05, 4.69) is 15.4 Å². The van der Waals surface area contributed by atoms with Crippen LogP contribution in [-0.4, -0.2) is 33.8 Å². The van der Waals surface area contributed by atoms with E-state index < -0.39 is 0 Å². The number of hydrogen-bond donors (Lipinski definition) is 1. The van der Waals surface area contributed by atoms with E-state index in [0.29, 0.717) is 28.6 Å². The van der Waals surface area contributed by atoms with Crippen LogP contribution in [0.4, 0.5) is 5.13 Å². The van der Waals surface area contributed by atoms with Crippen molar-refractivity contribution in [3.05, 3.63) is 70.0 Å². The minimum Gasteiger partial charge on any atom is -0.469 e. The Morgan fingerprint density at radius 2 is 1.91 bits per heavy atom. The first-order valence-corrected chi connectivity index (χ1v) is 11.1. The Hall–Kier alpha value is -3.23. The van der Waals surface area contributed by atoms with Gasteiger partial charge < -0.3 is 4.74 Å². The number of nitrogens with one attached hydrogen (secondary N) is 1. The molecule has 0 unspecified atom stereocenters. The molecule has 9 heteroatoms. The molecule has 0 saturated heterocycles. The van der Waals surface area contributed by atoms with E-state index in [-0.39, 0.29) is 11.9 Å². The third kappa shape index (κ3) is 4.51. The number of esters is 1. The highest BCUT2D eigenvalue weighted by Gasteiger charge is 2.15. The molecule has 4 aromatic rings. The highest BCUT2D eigenvalue weighted by molar-refractivity contribution is 7.22. The Kier molecular flexibility index (Phi) is 6.25. The summed E-state index contributed by atoms with van der Waals surface area (Å²) >= 11 is 7.39. The van der Waals surface area contributed by atoms with Gasteiger partial charge in [0, 0.05) is 22.7 Å². The first-order chi connectivity index (χ1) is 15.4. The number of carbonyl (C=O) groups is 2. The van der Waals surface area contributed by atoms with Crippen LogP contribution in [0.3, 0.4) is 0 Å². The molecule has 0 aliphatic rings. The van der Waals surface area contributed by atoms with Crippen LogP contribution in [0.1, 0.15) is 33.7 Å². The lowest BCUT2D eigenvalue weighted by Crippen LogP contribution is -2.11. The van der Waals surface area contributed by atoms with Crippen LogP contribution in [0.5, 0.6) is 0 Å². The van der Waals surface area contributed by atoms with Gasteiger partial charge in [0.2, 0.25) is 0 Å². The zero-order valence-corrected chi connectivity index (χ0v) is 19.4. The van der Waals surface area contributed by atoms with E-state index in [0.717, 1.165) is 32.9 Å². The molecule has 164 valence electrons. The Bertz CT molecular complexity index is 1310. The van der Waals surface area contributed by atoms with E-state index in [1.807, 2.05) is 42.8 Å². The maximum atomic E-state index is 12.7. The van der Waals surface area contributed by atoms with Crippen LogP contribution < -0.4 is 5.32 Å². The van der Waals surface area contributed by atoms with Gasteiger partial charge in [0.1, 0.15) is 0 Å². The second kappa shape index (κ2) is 9.10. The number of methoxy groups -OCH3 is 1. The fourth-order valence-corrected chi connectivity index (χ4v) is 4.63. The molecule has 0 saturated carbocycles. The lowest BCUT2D eigenvalue weighted by molar-refractivity contribution is -0.140. The number of halogens is 1. The number of carbonyl (C=O) groups excluding carboxylic acids is 2. The molecule has 0 aliphatic heterocycles. The van der Waals surface area contributed by atoms with Gasteiger partial charge in [0.05, 0.1) is 28.7 Å². The molecule has 4 rings (SSSR count). The summed E-state index contributed by atoms with van der Waals surface area (Å²) in [4.78, 5) is 28.6. The second-order valence-electron chi connectivity index (χ2n) is 7.27. The minimum absolute atomic E-state index is 0.242. The molecule has 0 radical (unpaired) electrons. The van der Waals surface area contributed by atoms with Gasteiger partial charge in [0.25, 0.3) is 5.91 Å². The lowest BCUT2D eigenvalue weighted by atomic mass is 10.1. The summed E-state index contributed by atoms with van der Waals surface area (Å²) in [5, 5.41) is 8.60. The van der Waals surface area contributed by atoms with Crippen LogP contribution >= 0.6 is 22.9 Å². The number of anilines is 1. The topological polar surface area (TPSA) is 86.1 Å². The third-order valence-corrected chi connectivity index (χ3v) is 6.36. The van der Waals surface area contributed by atoms with Crippen LogP contribution in [0.15, 0.2) is 42.5 Å². The summed E-state index contributed by atoms with van der Waals surface area (Å²) < 4.78 is 7.46. The van der Waals surface area contributed by atoms with Crippen LogP contribution in [0.25, 0.3) is 15.9 Å². The normalized spacial score (nSPS) is 11.0. The van der Waals surface area contributed by atoms with Crippen molar-refractivity contribution >= 4 is 50.2 Å². The molecule has 7 nitrogen and oxygen atoms in total. The summed E-state index contributed by atoms with van der Waals surface area (Å²) in [6, 6.07) is 12.6. The first kappa shape index (κ1) is 22.0. The van der Waals surface area contributed by atoms with Gasteiger partial charge in [-0.15, -0.1) is 0 Å². The molecular weight excluding hydrogens is 448 g/mol. The Morgan fingerprint density at radius 3 is 2.62 bits per heavy atom. The average Bonchev–Trinajstić information content (AvgIpc) is 3.31. The summed E-state index contributed by atoms with van der Waals surface area (Å²) in [5.74, 6) is -0.489. The van der Waals surface area contributed by atoms with Crippen LogP contribution in [0, 0.1) is 13.8 Å². The molecule has 0 atom stereocenters. The summed E-state index contributed by atoms with van der Waals surface area (Å²) in [6.07, 6.45) is 0.874. The SMILES string of the molecule is COC(=O)CCc1c(C)nn(-c2ccc(C(=O)Nc3nc4ccc(Cl)cc4s3)cc2)c1C. The van der Waals surface area contributed by atoms with E-state index in [1.165, 1.54) is 18.4 Å². The highest BCUT2D eigenvalue weighted by Crippen LogP contribution is 2.28. The number of amides is 1. The molecule has 0 fully saturated rings. The van der Waals surface area contributed by atoms with E-state index in [4.69, 9.17) is 16.3 Å². The quantitative estimate of drug-likeness (QED) is 0.397. The van der Waals surface area contributed by atoms with Gasteiger partial charge in [0.15, 0.2) is 5.13 Å². The van der Waals surface area contributed by atoms with Crippen molar-refractivity contribution in [1.82, 2.24) is 14.8 Å². The van der Waals surface area contributed by atoms with Crippen molar-refractivity contribution in [2.45, 2.75) is 26.7 Å². The molecule has 0 aliphatic carbocycles. The van der Waals surface area contributed by atoms with E-state index in [1.54, 1.807) is 18.2 Å². The fourth-order valence-electron chi connectivity index (χ4n) is 3.49. The standard InChI is InChI=1S/C23H21ClN4O3S/c1-13-18(9-11-21(29)31-3)14(2)28(27-13)17-7-4-15(5-8-17)22(30)26-23-25-19-10-6-16(24)12-20(19)32-23/h4-8,10,12H,9,11H2,1-3H3,(H,25,26,30). The Labute approximate surface area is 194 Å². The van der Waals surface area contributed by atoms with Gasteiger partial charge >= 0.3 is 5.97 Å². The third-order valence-electron chi connectivity index (χ3n) is 5.19. The second-order valence-corrected chi connectivity index (χ2v) is 8.74. The molecule has 2 aromatic carbocycles. The number of fused-ring (bicyclic) bond motifs is 1. The average molecular weight is 469 g/mol. The maximum Gasteiger partial charge on any atom is 0.305 e. The lowest BCUT2D eigenvalue weighted by Gasteiger charge is -2.07. The van der Waals surface area contributed by atoms with Crippen molar-refractivity contribution in [2.24, 2.45) is 0 Å². The van der Waals surface area contributed by atoms with E-state index in [9.17, 15) is 9.59 Å². The molecule has 0 spiro atoms. The predicted octanol–water partition coefficient (Wildman–Crippen LogP) is 5.11. The summed E-state index contributed by atoms with van der Waals surface area (Å²) in [6.45, 7) is 3.88. The van der Waals surface area contributed by atoms with Gasteiger partial charge in [-0.3, -0.25) is 14.9 Å². The number of rotatable bonds is 6. The molecule has 1 N–H and O–H groups in total. The first-order valence-electron chi connectivity index (χ1n) is 9.95. The minimum atomic E-state index is -0.247. The summed E-state index contributed by atoms with van der Waals surface area (Å²) in [5.41, 5.74) is 4.98. The monoisotopic (exact) mass is 468 g/mol. The van der Waals surface area contributed by atoms with Crippen molar-refractivity contribution in [2.75, 3.05) is 12.4 Å². The Morgan fingerprint density at radius 1 is 1.16 bits per heavy atom. The summed E-state index contributed by atoms with van der Waals surface area (Å²) in [7, 11) is 1.38. The van der Waals surface area contributed by atoms with Crippen molar-refractivity contribution in [3.63, 3.8) is 0 Å². The smallest absolute Gasteiger partial charge is 0.305 e. The number of benzene rings is 2. The van der Waals surface area contributed by atoms with Gasteiger partial charge in [-0.2, -0.15) is 5.10 Å². The maximum absolute atomic E-state index is 12.7. The fraction of sp³-hybridized carbons (Fsp3) is 0.217. The van der Waals surface area contributed by atoms with Gasteiger partial charge in [-0.1, -0.05) is 22.9 Å². The molecule has 0 bridgehead atoms. The van der Waals surface area contributed by atoms with Gasteiger partial charge in [-0.25, -0.2) is 9.67 Å². The number of hydrogen-bond acceptors (Lipinski definition) is 6. The molecule has 32 heavy (non-hydrogen) atoms. The van der Waals surface area contributed by atoms with E-state index >= 15 is 0 Å². The Balaban J connectivity index is 1.50. The number of aromatic nitrogens is 3.